The van der Waals surface area contributed by atoms with E-state index in [1.165, 1.54) is 12.1 Å². The van der Waals surface area contributed by atoms with Crippen LogP contribution in [0, 0.1) is 5.82 Å². The average Bonchev–Trinajstić information content (AvgIpc) is 2.43. The number of hydrogen-bond donors (Lipinski definition) is 2. The predicted octanol–water partition coefficient (Wildman–Crippen LogP) is 1.28. The highest BCUT2D eigenvalue weighted by atomic mass is 19.1. The molecule has 0 aliphatic carbocycles. The van der Waals surface area contributed by atoms with Crippen LogP contribution in [0.25, 0.3) is 0 Å². The van der Waals surface area contributed by atoms with Crippen molar-refractivity contribution < 1.29 is 19.1 Å². The molecule has 1 aromatic carbocycles. The zero-order valence-corrected chi connectivity index (χ0v) is 12.1. The summed E-state index contributed by atoms with van der Waals surface area (Å²) in [6, 6.07) is 6.38. The molecule has 1 amide bonds. The molecule has 0 unspecified atom stereocenters. The van der Waals surface area contributed by atoms with Crippen molar-refractivity contribution in [2.24, 2.45) is 0 Å². The summed E-state index contributed by atoms with van der Waals surface area (Å²) >= 11 is 0. The Bertz CT molecular complexity index is 480. The van der Waals surface area contributed by atoms with Gasteiger partial charge in [-0.05, 0) is 37.1 Å². The number of nitrogens with one attached hydrogen (secondary N) is 1. The second-order valence-electron chi connectivity index (χ2n) is 4.83. The molecule has 0 atom stereocenters. The van der Waals surface area contributed by atoms with Gasteiger partial charge < -0.3 is 10.4 Å². The topological polar surface area (TPSA) is 69.6 Å². The van der Waals surface area contributed by atoms with E-state index in [-0.39, 0.29) is 24.8 Å². The molecule has 5 nitrogen and oxygen atoms in total. The van der Waals surface area contributed by atoms with E-state index in [9.17, 15) is 14.0 Å². The lowest BCUT2D eigenvalue weighted by molar-refractivity contribution is -0.138. The molecule has 1 rings (SSSR count). The quantitative estimate of drug-likeness (QED) is 0.720. The van der Waals surface area contributed by atoms with Crippen molar-refractivity contribution in [3.8, 4) is 0 Å². The molecule has 0 spiro atoms. The second kappa shape index (κ2) is 9.07. The van der Waals surface area contributed by atoms with Gasteiger partial charge >= 0.3 is 5.97 Å². The Hall–Kier alpha value is -1.95. The maximum atomic E-state index is 13.1. The molecular weight excluding hydrogens is 275 g/mol. The van der Waals surface area contributed by atoms with Crippen molar-refractivity contribution in [3.63, 3.8) is 0 Å². The number of carboxylic acid groups (broad SMARTS) is 1. The molecule has 6 heteroatoms. The number of amides is 1. The van der Waals surface area contributed by atoms with Crippen molar-refractivity contribution in [2.75, 3.05) is 26.2 Å². The van der Waals surface area contributed by atoms with E-state index in [1.54, 1.807) is 6.07 Å². The number of hydrogen-bond acceptors (Lipinski definition) is 3. The molecule has 0 aliphatic heterocycles. The van der Waals surface area contributed by atoms with Gasteiger partial charge in [0.15, 0.2) is 0 Å². The van der Waals surface area contributed by atoms with Crippen molar-refractivity contribution in [3.05, 3.63) is 35.6 Å². The average molecular weight is 296 g/mol. The lowest BCUT2D eigenvalue weighted by atomic mass is 10.1. The van der Waals surface area contributed by atoms with Crippen LogP contribution in [0.15, 0.2) is 24.3 Å². The number of carbonyl (C=O) groups is 2. The zero-order chi connectivity index (χ0) is 15.7. The number of nitrogens with zero attached hydrogens (tertiary/aromatic N) is 1. The minimum absolute atomic E-state index is 0.149. The normalized spacial score (nSPS) is 10.6. The first-order chi connectivity index (χ1) is 10.0. The summed E-state index contributed by atoms with van der Waals surface area (Å²) in [7, 11) is 0. The molecule has 0 radical (unpaired) electrons. The summed E-state index contributed by atoms with van der Waals surface area (Å²) in [5.41, 5.74) is 0.877. The third kappa shape index (κ3) is 7.41. The highest BCUT2D eigenvalue weighted by Crippen LogP contribution is 2.05. The maximum absolute atomic E-state index is 13.1. The molecule has 0 saturated heterocycles. The fraction of sp³-hybridized carbons (Fsp3) is 0.467. The number of carboxylic acids is 1. The second-order valence-corrected chi connectivity index (χ2v) is 4.83. The summed E-state index contributed by atoms with van der Waals surface area (Å²) in [6.07, 6.45) is 1.53. The molecule has 0 aliphatic rings. The summed E-state index contributed by atoms with van der Waals surface area (Å²) in [4.78, 5) is 23.9. The first kappa shape index (κ1) is 17.1. The first-order valence-corrected chi connectivity index (χ1v) is 6.96. The summed E-state index contributed by atoms with van der Waals surface area (Å²) in [5, 5.41) is 10.9. The Morgan fingerprint density at radius 2 is 2.10 bits per heavy atom. The van der Waals surface area contributed by atoms with Crippen LogP contribution in [0.3, 0.4) is 0 Å². The van der Waals surface area contributed by atoms with E-state index in [0.717, 1.165) is 18.5 Å². The van der Waals surface area contributed by atoms with Gasteiger partial charge in [-0.25, -0.2) is 4.39 Å². The Balaban J connectivity index is 2.45. The van der Waals surface area contributed by atoms with Gasteiger partial charge in [-0.1, -0.05) is 19.1 Å². The number of carbonyl (C=O) groups excluding carboxylic acids is 1. The van der Waals surface area contributed by atoms with Gasteiger partial charge in [0.1, 0.15) is 12.4 Å². The number of rotatable bonds is 9. The molecule has 0 fully saturated rings. The van der Waals surface area contributed by atoms with E-state index in [1.807, 2.05) is 17.9 Å². The van der Waals surface area contributed by atoms with E-state index < -0.39 is 5.97 Å². The van der Waals surface area contributed by atoms with Crippen LogP contribution < -0.4 is 5.32 Å². The molecule has 21 heavy (non-hydrogen) atoms. The largest absolute Gasteiger partial charge is 0.480 e. The van der Waals surface area contributed by atoms with Crippen LogP contribution >= 0.6 is 0 Å². The molecule has 0 bridgehead atoms. The molecule has 0 saturated carbocycles. The monoisotopic (exact) mass is 296 g/mol. The fourth-order valence-electron chi connectivity index (χ4n) is 2.00. The minimum atomic E-state index is -1.06. The van der Waals surface area contributed by atoms with E-state index in [0.29, 0.717) is 13.0 Å². The highest BCUT2D eigenvalue weighted by Gasteiger charge is 2.11. The minimum Gasteiger partial charge on any atom is -0.480 e. The van der Waals surface area contributed by atoms with Crippen LogP contribution in [-0.2, 0) is 16.0 Å². The van der Waals surface area contributed by atoms with Gasteiger partial charge in [-0.3, -0.25) is 14.5 Å². The highest BCUT2D eigenvalue weighted by molar-refractivity contribution is 5.82. The molecule has 0 aromatic heterocycles. The summed E-state index contributed by atoms with van der Waals surface area (Å²) in [6.45, 7) is 3.14. The van der Waals surface area contributed by atoms with E-state index in [4.69, 9.17) is 5.11 Å². The van der Waals surface area contributed by atoms with Crippen LogP contribution in [-0.4, -0.2) is 48.1 Å². The standard InChI is InChI=1S/C15H21FN2O3/c1-2-7-18(11-14(19)17-10-15(20)21)8-6-12-4-3-5-13(16)9-12/h3-5,9H,2,6-8,10-11H2,1H3,(H,17,19)(H,20,21). The van der Waals surface area contributed by atoms with Crippen molar-refractivity contribution in [1.29, 1.82) is 0 Å². The summed E-state index contributed by atoms with van der Waals surface area (Å²) < 4.78 is 13.1. The third-order valence-corrected chi connectivity index (χ3v) is 2.95. The lowest BCUT2D eigenvalue weighted by Gasteiger charge is -2.20. The van der Waals surface area contributed by atoms with Crippen LogP contribution in [0.5, 0.6) is 0 Å². The fourth-order valence-corrected chi connectivity index (χ4v) is 2.00. The van der Waals surface area contributed by atoms with Gasteiger partial charge in [-0.15, -0.1) is 0 Å². The predicted molar refractivity (Wildman–Crippen MR) is 77.5 cm³/mol. The van der Waals surface area contributed by atoms with Crippen LogP contribution in [0.1, 0.15) is 18.9 Å². The van der Waals surface area contributed by atoms with Crippen LogP contribution in [0.2, 0.25) is 0 Å². The number of aliphatic carboxylic acids is 1. The first-order valence-electron chi connectivity index (χ1n) is 6.96. The van der Waals surface area contributed by atoms with Gasteiger partial charge in [-0.2, -0.15) is 0 Å². The summed E-state index contributed by atoms with van der Waals surface area (Å²) in [5.74, 6) is -1.65. The number of benzene rings is 1. The molecule has 0 heterocycles. The van der Waals surface area contributed by atoms with E-state index >= 15 is 0 Å². The Morgan fingerprint density at radius 1 is 1.33 bits per heavy atom. The number of halogens is 1. The van der Waals surface area contributed by atoms with Gasteiger partial charge in [0.05, 0.1) is 6.54 Å². The zero-order valence-electron chi connectivity index (χ0n) is 12.1. The third-order valence-electron chi connectivity index (χ3n) is 2.95. The van der Waals surface area contributed by atoms with E-state index in [2.05, 4.69) is 5.32 Å². The van der Waals surface area contributed by atoms with Gasteiger partial charge in [0, 0.05) is 6.54 Å². The Labute approximate surface area is 123 Å². The Kier molecular flexibility index (Phi) is 7.39. The van der Waals surface area contributed by atoms with Crippen LogP contribution in [0.4, 0.5) is 4.39 Å². The van der Waals surface area contributed by atoms with Crippen molar-refractivity contribution in [1.82, 2.24) is 10.2 Å². The molecule has 116 valence electrons. The maximum Gasteiger partial charge on any atom is 0.322 e. The SMILES string of the molecule is CCCN(CCc1cccc(F)c1)CC(=O)NCC(=O)O. The molecule has 1 aromatic rings. The smallest absolute Gasteiger partial charge is 0.322 e. The van der Waals surface area contributed by atoms with Crippen molar-refractivity contribution >= 4 is 11.9 Å². The van der Waals surface area contributed by atoms with Gasteiger partial charge in [0.25, 0.3) is 0 Å². The lowest BCUT2D eigenvalue weighted by Crippen LogP contribution is -2.40. The van der Waals surface area contributed by atoms with Crippen molar-refractivity contribution in [2.45, 2.75) is 19.8 Å². The van der Waals surface area contributed by atoms with Gasteiger partial charge in [0.2, 0.25) is 5.91 Å². The molecular formula is C15H21FN2O3. The molecule has 2 N–H and O–H groups in total. The Morgan fingerprint density at radius 3 is 2.71 bits per heavy atom.